The molecule has 0 aliphatic carbocycles. The molecule has 0 amide bonds. The van der Waals surface area contributed by atoms with E-state index in [0.717, 1.165) is 5.52 Å². The summed E-state index contributed by atoms with van der Waals surface area (Å²) in [6.45, 7) is 6.69. The van der Waals surface area contributed by atoms with Gasteiger partial charge in [0.2, 0.25) is 0 Å². The summed E-state index contributed by atoms with van der Waals surface area (Å²) in [6, 6.07) is 8.36. The van der Waals surface area contributed by atoms with Crippen LogP contribution < -0.4 is 0 Å². The molecule has 0 radical (unpaired) electrons. The minimum atomic E-state index is 0.553. The van der Waals surface area contributed by atoms with Crippen LogP contribution in [0, 0.1) is 6.92 Å². The van der Waals surface area contributed by atoms with Crippen molar-refractivity contribution in [3.05, 3.63) is 40.1 Å². The Bertz CT molecular complexity index is 658. The van der Waals surface area contributed by atoms with E-state index in [1.54, 1.807) is 11.3 Å². The summed E-state index contributed by atoms with van der Waals surface area (Å²) in [4.78, 5) is 6.16. The van der Waals surface area contributed by atoms with Crippen LogP contribution in [0.5, 0.6) is 0 Å². The Morgan fingerprint density at radius 1 is 1.17 bits per heavy atom. The molecule has 0 spiro atoms. The number of aromatic nitrogens is 1. The normalized spacial score (nSPS) is 11.6. The Balaban J connectivity index is 2.22. The molecule has 0 fully saturated rings. The number of aryl methyl sites for hydroxylation is 1. The maximum absolute atomic E-state index is 4.78. The fourth-order valence-electron chi connectivity index (χ4n) is 2.15. The lowest BCUT2D eigenvalue weighted by Crippen LogP contribution is -1.88. The van der Waals surface area contributed by atoms with Crippen LogP contribution in [-0.4, -0.2) is 4.98 Å². The van der Waals surface area contributed by atoms with E-state index in [4.69, 9.17) is 4.98 Å². The molecule has 3 heteroatoms. The van der Waals surface area contributed by atoms with Gasteiger partial charge in [0, 0.05) is 10.4 Å². The zero-order chi connectivity index (χ0) is 12.7. The third-order valence-corrected chi connectivity index (χ3v) is 5.12. The molecule has 0 atom stereocenters. The van der Waals surface area contributed by atoms with Crippen molar-refractivity contribution in [1.82, 2.24) is 4.98 Å². The van der Waals surface area contributed by atoms with Crippen molar-refractivity contribution >= 4 is 32.9 Å². The topological polar surface area (TPSA) is 12.9 Å². The van der Waals surface area contributed by atoms with Crippen LogP contribution in [0.25, 0.3) is 20.8 Å². The average molecular weight is 273 g/mol. The molecule has 18 heavy (non-hydrogen) atoms. The second kappa shape index (κ2) is 4.48. The number of thiazole rings is 1. The van der Waals surface area contributed by atoms with Crippen molar-refractivity contribution in [3.63, 3.8) is 0 Å². The molecule has 0 bridgehead atoms. The number of benzene rings is 1. The predicted octanol–water partition coefficient (Wildman–Crippen LogP) is 5.46. The van der Waals surface area contributed by atoms with E-state index >= 15 is 0 Å². The lowest BCUT2D eigenvalue weighted by Gasteiger charge is -2.05. The lowest BCUT2D eigenvalue weighted by atomic mass is 10.0. The number of para-hydroxylation sites is 1. The molecule has 3 rings (SSSR count). The van der Waals surface area contributed by atoms with Crippen molar-refractivity contribution in [2.75, 3.05) is 0 Å². The Labute approximate surface area is 115 Å². The highest BCUT2D eigenvalue weighted by atomic mass is 32.1. The molecule has 92 valence electrons. The Hall–Kier alpha value is -1.19. The van der Waals surface area contributed by atoms with E-state index in [-0.39, 0.29) is 0 Å². The van der Waals surface area contributed by atoms with Crippen LogP contribution in [0.15, 0.2) is 29.6 Å². The highest BCUT2D eigenvalue weighted by Crippen LogP contribution is 2.39. The van der Waals surface area contributed by atoms with Crippen LogP contribution in [0.3, 0.4) is 0 Å². The summed E-state index contributed by atoms with van der Waals surface area (Å²) in [7, 11) is 0. The SMILES string of the molecule is Cc1scc(C(C)C)c1-c1nc2ccccc2s1. The summed E-state index contributed by atoms with van der Waals surface area (Å²) in [6.07, 6.45) is 0. The van der Waals surface area contributed by atoms with Crippen molar-refractivity contribution in [1.29, 1.82) is 0 Å². The van der Waals surface area contributed by atoms with Gasteiger partial charge >= 0.3 is 0 Å². The summed E-state index contributed by atoms with van der Waals surface area (Å²) in [5.74, 6) is 0.553. The molecule has 0 aliphatic rings. The van der Waals surface area contributed by atoms with Gasteiger partial charge in [0.15, 0.2) is 0 Å². The number of thiophene rings is 1. The maximum atomic E-state index is 4.78. The van der Waals surface area contributed by atoms with Gasteiger partial charge in [-0.25, -0.2) is 4.98 Å². The second-order valence-corrected chi connectivity index (χ2v) is 6.88. The van der Waals surface area contributed by atoms with Crippen molar-refractivity contribution in [3.8, 4) is 10.6 Å². The predicted molar refractivity (Wildman–Crippen MR) is 81.8 cm³/mol. The monoisotopic (exact) mass is 273 g/mol. The van der Waals surface area contributed by atoms with Gasteiger partial charge in [-0.2, -0.15) is 0 Å². The van der Waals surface area contributed by atoms with Crippen molar-refractivity contribution in [2.24, 2.45) is 0 Å². The zero-order valence-electron chi connectivity index (χ0n) is 10.7. The minimum absolute atomic E-state index is 0.553. The molecule has 2 aromatic heterocycles. The molecular formula is C15H15NS2. The Morgan fingerprint density at radius 2 is 1.94 bits per heavy atom. The van der Waals surface area contributed by atoms with Gasteiger partial charge in [-0.3, -0.25) is 0 Å². The molecule has 1 nitrogen and oxygen atoms in total. The number of rotatable bonds is 2. The number of hydrogen-bond donors (Lipinski definition) is 0. The van der Waals surface area contributed by atoms with Gasteiger partial charge in [0.1, 0.15) is 5.01 Å². The molecular weight excluding hydrogens is 258 g/mol. The van der Waals surface area contributed by atoms with Gasteiger partial charge in [-0.15, -0.1) is 22.7 Å². The highest BCUT2D eigenvalue weighted by molar-refractivity contribution is 7.22. The largest absolute Gasteiger partial charge is 0.236 e. The summed E-state index contributed by atoms with van der Waals surface area (Å²) < 4.78 is 1.27. The first-order valence-electron chi connectivity index (χ1n) is 6.10. The van der Waals surface area contributed by atoms with Crippen molar-refractivity contribution < 1.29 is 0 Å². The van der Waals surface area contributed by atoms with Crippen LogP contribution in [0.1, 0.15) is 30.2 Å². The summed E-state index contributed by atoms with van der Waals surface area (Å²) in [5.41, 5.74) is 3.89. The number of fused-ring (bicyclic) bond motifs is 1. The van der Waals surface area contributed by atoms with E-state index in [1.807, 2.05) is 11.3 Å². The maximum Gasteiger partial charge on any atom is 0.126 e. The second-order valence-electron chi connectivity index (χ2n) is 4.76. The Morgan fingerprint density at radius 3 is 2.67 bits per heavy atom. The van der Waals surface area contributed by atoms with Gasteiger partial charge < -0.3 is 0 Å². The van der Waals surface area contributed by atoms with Gasteiger partial charge in [0.25, 0.3) is 0 Å². The van der Waals surface area contributed by atoms with E-state index in [0.29, 0.717) is 5.92 Å². The first-order valence-corrected chi connectivity index (χ1v) is 7.80. The highest BCUT2D eigenvalue weighted by Gasteiger charge is 2.16. The van der Waals surface area contributed by atoms with Gasteiger partial charge in [-0.1, -0.05) is 26.0 Å². The molecule has 1 aromatic carbocycles. The number of nitrogens with zero attached hydrogens (tertiary/aromatic N) is 1. The van der Waals surface area contributed by atoms with E-state index < -0.39 is 0 Å². The average Bonchev–Trinajstić information content (AvgIpc) is 2.91. The quantitative estimate of drug-likeness (QED) is 0.604. The molecule has 2 heterocycles. The summed E-state index contributed by atoms with van der Waals surface area (Å²) >= 11 is 3.63. The summed E-state index contributed by atoms with van der Waals surface area (Å²) in [5, 5.41) is 3.44. The molecule has 0 unspecified atom stereocenters. The molecule has 0 aliphatic heterocycles. The fourth-order valence-corrected chi connectivity index (χ4v) is 4.33. The molecule has 0 saturated heterocycles. The van der Waals surface area contributed by atoms with Crippen molar-refractivity contribution in [2.45, 2.75) is 26.7 Å². The Kier molecular flexibility index (Phi) is 2.96. The molecule has 3 aromatic rings. The third-order valence-electron chi connectivity index (χ3n) is 3.13. The van der Waals surface area contributed by atoms with E-state index in [9.17, 15) is 0 Å². The van der Waals surface area contributed by atoms with Gasteiger partial charge in [0.05, 0.1) is 10.2 Å². The minimum Gasteiger partial charge on any atom is -0.236 e. The standard InChI is InChI=1S/C15H15NS2/c1-9(2)11-8-17-10(3)14(11)15-16-12-6-4-5-7-13(12)18-15/h4-9H,1-3H3. The van der Waals surface area contributed by atoms with E-state index in [1.165, 1.54) is 25.7 Å². The third kappa shape index (κ3) is 1.88. The van der Waals surface area contributed by atoms with Crippen LogP contribution >= 0.6 is 22.7 Å². The van der Waals surface area contributed by atoms with Crippen LogP contribution in [0.2, 0.25) is 0 Å². The fraction of sp³-hybridized carbons (Fsp3) is 0.267. The molecule has 0 N–H and O–H groups in total. The van der Waals surface area contributed by atoms with Crippen LogP contribution in [0.4, 0.5) is 0 Å². The van der Waals surface area contributed by atoms with E-state index in [2.05, 4.69) is 50.4 Å². The smallest absolute Gasteiger partial charge is 0.126 e. The number of hydrogen-bond acceptors (Lipinski definition) is 3. The first-order chi connectivity index (χ1) is 8.66. The lowest BCUT2D eigenvalue weighted by molar-refractivity contribution is 0.873. The zero-order valence-corrected chi connectivity index (χ0v) is 12.4. The molecule has 0 saturated carbocycles. The van der Waals surface area contributed by atoms with Crippen LogP contribution in [-0.2, 0) is 0 Å². The van der Waals surface area contributed by atoms with Gasteiger partial charge in [-0.05, 0) is 35.9 Å². The first kappa shape index (κ1) is 11.9.